The number of sulfone groups is 1. The van der Waals surface area contributed by atoms with Gasteiger partial charge in [0.15, 0.2) is 22.0 Å². The Bertz CT molecular complexity index is 1020. The van der Waals surface area contributed by atoms with Gasteiger partial charge in [0.25, 0.3) is 10.1 Å². The molecular weight excluding hydrogens is 468 g/mol. The average molecular weight is 495 g/mol. The molecule has 1 heterocycles. The lowest BCUT2D eigenvalue weighted by molar-refractivity contribution is -0.174. The zero-order chi connectivity index (χ0) is 24.3. The van der Waals surface area contributed by atoms with E-state index in [0.717, 1.165) is 26.0 Å². The molecule has 32 heavy (non-hydrogen) atoms. The fourth-order valence-electron chi connectivity index (χ4n) is 3.58. The van der Waals surface area contributed by atoms with Crippen LogP contribution in [-0.2, 0) is 52.7 Å². The summed E-state index contributed by atoms with van der Waals surface area (Å²) >= 11 is 0. The van der Waals surface area contributed by atoms with Crippen molar-refractivity contribution in [2.75, 3.05) is 34.2 Å². The van der Waals surface area contributed by atoms with Crippen molar-refractivity contribution in [3.8, 4) is 0 Å². The fraction of sp³-hybridized carbons (Fsp3) is 0.579. The Labute approximate surface area is 187 Å². The molecule has 4 atom stereocenters. The highest BCUT2D eigenvalue weighted by Crippen LogP contribution is 2.41. The normalized spacial score (nSPS) is 23.8. The quantitative estimate of drug-likeness (QED) is 0.261. The lowest BCUT2D eigenvalue weighted by atomic mass is 9.88. The standard InChI is InChI=1S/C19H26O11S2/c1-11-6-8-12(9-7-11)32(24,25)16-13(10-29-31(5,22)23)30-19(28-4)14(16)15(17(20)26-2)18(21)27-3/h6-9,13-16,19H,10H2,1-5H3/t13-,14-,16-,19-/m1/s1. The van der Waals surface area contributed by atoms with Gasteiger partial charge in [-0.2, -0.15) is 8.42 Å². The second-order valence-electron chi connectivity index (χ2n) is 7.19. The van der Waals surface area contributed by atoms with Crippen molar-refractivity contribution in [2.45, 2.75) is 29.5 Å². The molecule has 0 aliphatic carbocycles. The van der Waals surface area contributed by atoms with E-state index in [4.69, 9.17) is 23.1 Å². The first-order chi connectivity index (χ1) is 14.9. The highest BCUT2D eigenvalue weighted by molar-refractivity contribution is 7.92. The van der Waals surface area contributed by atoms with Gasteiger partial charge in [-0.15, -0.1) is 0 Å². The molecule has 13 heteroatoms. The van der Waals surface area contributed by atoms with Gasteiger partial charge in [0.1, 0.15) is 11.4 Å². The van der Waals surface area contributed by atoms with Crippen LogP contribution in [0.4, 0.5) is 0 Å². The summed E-state index contributed by atoms with van der Waals surface area (Å²) in [6.45, 7) is 1.09. The van der Waals surface area contributed by atoms with Crippen molar-refractivity contribution in [3.63, 3.8) is 0 Å². The van der Waals surface area contributed by atoms with Gasteiger partial charge >= 0.3 is 11.9 Å². The van der Waals surface area contributed by atoms with Crippen LogP contribution in [0, 0.1) is 18.8 Å². The predicted octanol–water partition coefficient (Wildman–Crippen LogP) is 0.0632. The molecule has 0 bridgehead atoms. The van der Waals surface area contributed by atoms with E-state index in [-0.39, 0.29) is 4.90 Å². The van der Waals surface area contributed by atoms with Crippen LogP contribution >= 0.6 is 0 Å². The molecule has 0 radical (unpaired) electrons. The first kappa shape index (κ1) is 26.2. The highest BCUT2D eigenvalue weighted by Gasteiger charge is 2.59. The first-order valence-corrected chi connectivity index (χ1v) is 12.7. The number of hydrogen-bond donors (Lipinski definition) is 0. The van der Waals surface area contributed by atoms with E-state index in [1.807, 2.05) is 0 Å². The molecule has 2 rings (SSSR count). The number of carbonyl (C=O) groups is 2. The summed E-state index contributed by atoms with van der Waals surface area (Å²) < 4.78 is 75.3. The maximum Gasteiger partial charge on any atom is 0.320 e. The average Bonchev–Trinajstić information content (AvgIpc) is 3.11. The zero-order valence-corrected chi connectivity index (χ0v) is 19.8. The second kappa shape index (κ2) is 10.3. The van der Waals surface area contributed by atoms with Crippen LogP contribution in [0.5, 0.6) is 0 Å². The maximum atomic E-state index is 13.6. The van der Waals surface area contributed by atoms with Crippen LogP contribution in [0.15, 0.2) is 29.2 Å². The molecule has 1 aliphatic heterocycles. The molecular formula is C19H26O11S2. The van der Waals surface area contributed by atoms with Gasteiger partial charge in [-0.1, -0.05) is 17.7 Å². The Kier molecular flexibility index (Phi) is 8.39. The number of ether oxygens (including phenoxy) is 4. The molecule has 180 valence electrons. The van der Waals surface area contributed by atoms with E-state index < -0.39 is 68.0 Å². The summed E-state index contributed by atoms with van der Waals surface area (Å²) in [4.78, 5) is 24.8. The lowest BCUT2D eigenvalue weighted by Crippen LogP contribution is -2.47. The number of aryl methyl sites for hydroxylation is 1. The number of methoxy groups -OCH3 is 3. The van der Waals surface area contributed by atoms with Gasteiger partial charge in [-0.05, 0) is 19.1 Å². The van der Waals surface area contributed by atoms with Gasteiger partial charge in [0.05, 0.1) is 37.9 Å². The van der Waals surface area contributed by atoms with Crippen molar-refractivity contribution in [1.29, 1.82) is 0 Å². The van der Waals surface area contributed by atoms with E-state index in [1.54, 1.807) is 19.1 Å². The summed E-state index contributed by atoms with van der Waals surface area (Å²) in [5.74, 6) is -5.25. The van der Waals surface area contributed by atoms with Crippen LogP contribution in [-0.4, -0.2) is 80.6 Å². The molecule has 1 aromatic carbocycles. The number of benzene rings is 1. The van der Waals surface area contributed by atoms with Crippen LogP contribution in [0.3, 0.4) is 0 Å². The van der Waals surface area contributed by atoms with Gasteiger partial charge in [0.2, 0.25) is 0 Å². The summed E-state index contributed by atoms with van der Waals surface area (Å²) in [5.41, 5.74) is 0.803. The van der Waals surface area contributed by atoms with E-state index >= 15 is 0 Å². The van der Waals surface area contributed by atoms with Crippen molar-refractivity contribution in [3.05, 3.63) is 29.8 Å². The van der Waals surface area contributed by atoms with Crippen molar-refractivity contribution < 1.29 is 49.6 Å². The largest absolute Gasteiger partial charge is 0.468 e. The van der Waals surface area contributed by atoms with E-state index in [0.29, 0.717) is 0 Å². The molecule has 0 N–H and O–H groups in total. The molecule has 0 amide bonds. The van der Waals surface area contributed by atoms with Crippen molar-refractivity contribution >= 4 is 31.9 Å². The van der Waals surface area contributed by atoms with Crippen LogP contribution in [0.25, 0.3) is 0 Å². The minimum Gasteiger partial charge on any atom is -0.468 e. The Morgan fingerprint density at radius 1 is 1.00 bits per heavy atom. The molecule has 1 saturated heterocycles. The summed E-state index contributed by atoms with van der Waals surface area (Å²) in [6, 6.07) is 5.88. The number of hydrogen-bond acceptors (Lipinski definition) is 11. The molecule has 0 unspecified atom stereocenters. The summed E-state index contributed by atoms with van der Waals surface area (Å²) in [7, 11) is -4.99. The third kappa shape index (κ3) is 5.64. The fourth-order valence-corrected chi connectivity index (χ4v) is 6.04. The van der Waals surface area contributed by atoms with Gasteiger partial charge < -0.3 is 18.9 Å². The highest BCUT2D eigenvalue weighted by atomic mass is 32.2. The first-order valence-electron chi connectivity index (χ1n) is 9.36. The van der Waals surface area contributed by atoms with Crippen LogP contribution in [0.1, 0.15) is 5.56 Å². The van der Waals surface area contributed by atoms with Gasteiger partial charge in [-0.3, -0.25) is 13.8 Å². The molecule has 1 aromatic rings. The molecule has 1 fully saturated rings. The Hall–Kier alpha value is -2.06. The Morgan fingerprint density at radius 2 is 1.53 bits per heavy atom. The second-order valence-corrected chi connectivity index (χ2v) is 10.9. The zero-order valence-electron chi connectivity index (χ0n) is 18.2. The van der Waals surface area contributed by atoms with E-state index in [1.165, 1.54) is 19.2 Å². The Balaban J connectivity index is 2.66. The topological polar surface area (TPSA) is 149 Å². The van der Waals surface area contributed by atoms with E-state index in [2.05, 4.69) is 0 Å². The number of carbonyl (C=O) groups excluding carboxylic acids is 2. The summed E-state index contributed by atoms with van der Waals surface area (Å²) in [5, 5.41) is -1.60. The summed E-state index contributed by atoms with van der Waals surface area (Å²) in [6.07, 6.45) is -1.97. The van der Waals surface area contributed by atoms with Crippen LogP contribution in [0.2, 0.25) is 0 Å². The van der Waals surface area contributed by atoms with Gasteiger partial charge in [-0.25, -0.2) is 8.42 Å². The molecule has 1 aliphatic rings. The minimum atomic E-state index is -4.29. The SMILES string of the molecule is COC(=O)C(C(=O)OC)[C@H]1[C@H](OC)O[C@H](COS(C)(=O)=O)[C@H]1S(=O)(=O)c1ccc(C)cc1. The number of esters is 2. The smallest absolute Gasteiger partial charge is 0.320 e. The predicted molar refractivity (Wildman–Crippen MR) is 110 cm³/mol. The molecule has 11 nitrogen and oxygen atoms in total. The maximum absolute atomic E-state index is 13.6. The Morgan fingerprint density at radius 3 is 1.97 bits per heavy atom. The molecule has 0 saturated carbocycles. The van der Waals surface area contributed by atoms with Crippen LogP contribution < -0.4 is 0 Å². The number of rotatable bonds is 9. The lowest BCUT2D eigenvalue weighted by Gasteiger charge is -2.27. The third-order valence-electron chi connectivity index (χ3n) is 5.05. The third-order valence-corrected chi connectivity index (χ3v) is 7.88. The van der Waals surface area contributed by atoms with E-state index in [9.17, 15) is 26.4 Å². The molecule has 0 aromatic heterocycles. The van der Waals surface area contributed by atoms with Crippen molar-refractivity contribution in [2.24, 2.45) is 11.8 Å². The monoisotopic (exact) mass is 494 g/mol. The molecule has 0 spiro atoms. The van der Waals surface area contributed by atoms with Crippen molar-refractivity contribution in [1.82, 2.24) is 0 Å². The minimum absolute atomic E-state index is 0.115. The van der Waals surface area contributed by atoms with Gasteiger partial charge in [0, 0.05) is 7.11 Å².